The van der Waals surface area contributed by atoms with Crippen molar-refractivity contribution < 1.29 is 19.1 Å². The molecule has 3 aliphatic carbocycles. The average Bonchev–Trinajstić information content (AvgIpc) is 3.36. The molecule has 5 atom stereocenters. The van der Waals surface area contributed by atoms with Crippen LogP contribution in [0.25, 0.3) is 0 Å². The molecule has 0 bridgehead atoms. The standard InChI is InChI=1S/C29H37N3O4S/c1-17-15-30-28(37-17)31-25(34)10-6-19-14-24(33)29(2)12-11-22-21-9-7-20(36-26(35)16-32(3)4)13-18(21)5-8-23(22)27(19)29/h7,9,13,15,19,22-23,27H,5-6,8,10-12,14,16H2,1-4H3,(H,30,31,34). The number of hydrogen-bond donors (Lipinski definition) is 1. The molecular weight excluding hydrogens is 486 g/mol. The van der Waals surface area contributed by atoms with Gasteiger partial charge in [-0.15, -0.1) is 11.3 Å². The highest BCUT2D eigenvalue weighted by atomic mass is 32.1. The minimum absolute atomic E-state index is 0.0203. The molecule has 2 aromatic rings. The van der Waals surface area contributed by atoms with Crippen molar-refractivity contribution in [1.82, 2.24) is 9.88 Å². The van der Waals surface area contributed by atoms with Crippen LogP contribution < -0.4 is 10.1 Å². The van der Waals surface area contributed by atoms with Crippen molar-refractivity contribution in [1.29, 1.82) is 0 Å². The number of aromatic nitrogens is 1. The van der Waals surface area contributed by atoms with Crippen LogP contribution in [0, 0.1) is 30.1 Å². The maximum atomic E-state index is 13.3. The SMILES string of the molecule is Cc1cnc(NC(=O)CCC2CC(=O)C3(C)CCC4c5ccc(OC(=O)CN(C)C)cc5CCC4C23)s1. The maximum absolute atomic E-state index is 13.3. The van der Waals surface area contributed by atoms with Crippen LogP contribution in [0.2, 0.25) is 0 Å². The van der Waals surface area contributed by atoms with E-state index in [4.69, 9.17) is 4.74 Å². The lowest BCUT2D eigenvalue weighted by Crippen LogP contribution is -2.44. The minimum atomic E-state index is -0.284. The molecule has 1 aromatic heterocycles. The number of nitrogens with one attached hydrogen (secondary N) is 1. The van der Waals surface area contributed by atoms with Gasteiger partial charge in [-0.3, -0.25) is 19.3 Å². The lowest BCUT2D eigenvalue weighted by atomic mass is 9.54. The van der Waals surface area contributed by atoms with E-state index in [1.54, 1.807) is 11.1 Å². The van der Waals surface area contributed by atoms with E-state index in [0.29, 0.717) is 47.3 Å². The predicted octanol–water partition coefficient (Wildman–Crippen LogP) is 4.99. The van der Waals surface area contributed by atoms with Gasteiger partial charge in [0.05, 0.1) is 6.54 Å². The lowest BCUT2D eigenvalue weighted by molar-refractivity contribution is -0.135. The Kier molecular flexibility index (Phi) is 7.24. The van der Waals surface area contributed by atoms with Gasteiger partial charge in [0.2, 0.25) is 5.91 Å². The van der Waals surface area contributed by atoms with Gasteiger partial charge >= 0.3 is 5.97 Å². The van der Waals surface area contributed by atoms with Gasteiger partial charge in [-0.2, -0.15) is 0 Å². The summed E-state index contributed by atoms with van der Waals surface area (Å²) in [5, 5.41) is 3.56. The van der Waals surface area contributed by atoms with E-state index in [0.717, 1.165) is 37.0 Å². The number of Topliss-reactive ketones (excluding diaryl/α,β-unsaturated/α-hetero) is 1. The van der Waals surface area contributed by atoms with Crippen LogP contribution in [0.1, 0.15) is 67.4 Å². The monoisotopic (exact) mass is 523 g/mol. The van der Waals surface area contributed by atoms with E-state index in [1.165, 1.54) is 22.5 Å². The highest BCUT2D eigenvalue weighted by Gasteiger charge is 2.58. The van der Waals surface area contributed by atoms with Gasteiger partial charge in [0.25, 0.3) is 0 Å². The molecule has 0 spiro atoms. The summed E-state index contributed by atoms with van der Waals surface area (Å²) in [5.41, 5.74) is 2.33. The fourth-order valence-corrected chi connectivity index (χ4v) is 7.96. The molecule has 1 N–H and O–H groups in total. The Morgan fingerprint density at radius 1 is 1.27 bits per heavy atom. The second-order valence-corrected chi connectivity index (χ2v) is 12.8. The zero-order valence-corrected chi connectivity index (χ0v) is 23.0. The summed E-state index contributed by atoms with van der Waals surface area (Å²) in [7, 11) is 3.70. The number of anilines is 1. The summed E-state index contributed by atoms with van der Waals surface area (Å²) < 4.78 is 5.58. The minimum Gasteiger partial charge on any atom is -0.426 e. The first-order valence-corrected chi connectivity index (χ1v) is 14.2. The maximum Gasteiger partial charge on any atom is 0.325 e. The molecule has 8 heteroatoms. The van der Waals surface area contributed by atoms with Crippen molar-refractivity contribution in [3.63, 3.8) is 0 Å². The number of likely N-dealkylation sites (N-methyl/N-ethyl adjacent to an activating group) is 1. The summed E-state index contributed by atoms with van der Waals surface area (Å²) in [6, 6.07) is 6.10. The molecule has 5 unspecified atom stereocenters. The quantitative estimate of drug-likeness (QED) is 0.406. The Labute approximate surface area is 223 Å². The number of hydrogen-bond acceptors (Lipinski definition) is 7. The third-order valence-corrected chi connectivity index (χ3v) is 9.66. The molecule has 7 nitrogen and oxygen atoms in total. The normalized spacial score (nSPS) is 28.4. The third kappa shape index (κ3) is 5.23. The van der Waals surface area contributed by atoms with E-state index < -0.39 is 0 Å². The fraction of sp³-hybridized carbons (Fsp3) is 0.586. The lowest BCUT2D eigenvalue weighted by Gasteiger charge is -2.50. The van der Waals surface area contributed by atoms with Crippen LogP contribution in [0.15, 0.2) is 24.4 Å². The van der Waals surface area contributed by atoms with Gasteiger partial charge < -0.3 is 10.1 Å². The van der Waals surface area contributed by atoms with Crippen LogP contribution >= 0.6 is 11.3 Å². The molecule has 2 fully saturated rings. The number of fused-ring (bicyclic) bond motifs is 5. The molecule has 1 amide bonds. The molecule has 0 saturated heterocycles. The molecular formula is C29H37N3O4S. The van der Waals surface area contributed by atoms with Crippen molar-refractivity contribution in [2.24, 2.45) is 23.2 Å². The summed E-state index contributed by atoms with van der Waals surface area (Å²) in [6.45, 7) is 4.40. The number of ketones is 1. The van der Waals surface area contributed by atoms with Crippen LogP contribution in [-0.2, 0) is 20.8 Å². The number of nitrogens with zero attached hydrogens (tertiary/aromatic N) is 2. The molecule has 3 aliphatic rings. The smallest absolute Gasteiger partial charge is 0.325 e. The van der Waals surface area contributed by atoms with Gasteiger partial charge in [-0.25, -0.2) is 4.98 Å². The molecule has 1 aromatic carbocycles. The van der Waals surface area contributed by atoms with Gasteiger partial charge in [-0.1, -0.05) is 13.0 Å². The number of amides is 1. The second kappa shape index (κ2) is 10.3. The van der Waals surface area contributed by atoms with Crippen LogP contribution in [-0.4, -0.2) is 48.2 Å². The Morgan fingerprint density at radius 3 is 2.81 bits per heavy atom. The van der Waals surface area contributed by atoms with Gasteiger partial charge in [0, 0.05) is 29.3 Å². The Hall–Kier alpha value is -2.58. The largest absolute Gasteiger partial charge is 0.426 e. The van der Waals surface area contributed by atoms with Gasteiger partial charge in [0.15, 0.2) is 5.13 Å². The molecule has 198 valence electrons. The van der Waals surface area contributed by atoms with Crippen molar-refractivity contribution in [2.75, 3.05) is 26.0 Å². The Morgan fingerprint density at radius 2 is 2.08 bits per heavy atom. The number of rotatable bonds is 7. The molecule has 5 rings (SSSR count). The van der Waals surface area contributed by atoms with E-state index in [1.807, 2.05) is 33.2 Å². The second-order valence-electron chi connectivity index (χ2n) is 11.6. The van der Waals surface area contributed by atoms with Crippen molar-refractivity contribution in [3.8, 4) is 5.75 Å². The van der Waals surface area contributed by atoms with Crippen molar-refractivity contribution >= 4 is 34.1 Å². The average molecular weight is 524 g/mol. The van der Waals surface area contributed by atoms with Crippen LogP contribution in [0.4, 0.5) is 5.13 Å². The highest BCUT2D eigenvalue weighted by Crippen LogP contribution is 2.62. The van der Waals surface area contributed by atoms with E-state index in [2.05, 4.69) is 23.3 Å². The number of carbonyl (C=O) groups is 3. The van der Waals surface area contributed by atoms with E-state index in [9.17, 15) is 14.4 Å². The number of esters is 1. The van der Waals surface area contributed by atoms with Gasteiger partial charge in [0.1, 0.15) is 11.5 Å². The number of ether oxygens (including phenoxy) is 1. The van der Waals surface area contributed by atoms with Crippen LogP contribution in [0.5, 0.6) is 5.75 Å². The van der Waals surface area contributed by atoms with E-state index >= 15 is 0 Å². The number of thiazole rings is 1. The number of aryl methyl sites for hydroxylation is 2. The van der Waals surface area contributed by atoms with Crippen molar-refractivity contribution in [2.45, 2.75) is 64.7 Å². The first kappa shape index (κ1) is 26.0. The Bertz CT molecular complexity index is 1210. The molecule has 1 heterocycles. The highest BCUT2D eigenvalue weighted by molar-refractivity contribution is 7.15. The fourth-order valence-electron chi connectivity index (χ4n) is 7.28. The Balaban J connectivity index is 1.29. The number of carbonyl (C=O) groups excluding carboxylic acids is 3. The van der Waals surface area contributed by atoms with Crippen molar-refractivity contribution in [3.05, 3.63) is 40.4 Å². The first-order valence-electron chi connectivity index (χ1n) is 13.4. The topological polar surface area (TPSA) is 88.6 Å². The summed E-state index contributed by atoms with van der Waals surface area (Å²) in [4.78, 5) is 45.1. The van der Waals surface area contributed by atoms with Gasteiger partial charge in [-0.05, 0) is 100 Å². The predicted molar refractivity (Wildman–Crippen MR) is 144 cm³/mol. The first-order chi connectivity index (χ1) is 17.6. The van der Waals surface area contributed by atoms with Crippen LogP contribution in [0.3, 0.4) is 0 Å². The zero-order valence-electron chi connectivity index (χ0n) is 22.2. The summed E-state index contributed by atoms with van der Waals surface area (Å²) in [6.07, 6.45) is 7.36. The third-order valence-electron chi connectivity index (χ3n) is 8.83. The molecule has 2 saturated carbocycles. The molecule has 0 aliphatic heterocycles. The molecule has 37 heavy (non-hydrogen) atoms. The van der Waals surface area contributed by atoms with E-state index in [-0.39, 0.29) is 29.8 Å². The molecule has 0 radical (unpaired) electrons. The summed E-state index contributed by atoms with van der Waals surface area (Å²) >= 11 is 1.48. The number of benzene rings is 1. The zero-order chi connectivity index (χ0) is 26.3. The summed E-state index contributed by atoms with van der Waals surface area (Å²) in [5.74, 6) is 2.11.